The zero-order valence-corrected chi connectivity index (χ0v) is 15.3. The number of aromatic nitrogens is 3. The van der Waals surface area contributed by atoms with E-state index >= 15 is 0 Å². The van der Waals surface area contributed by atoms with Crippen molar-refractivity contribution in [3.63, 3.8) is 0 Å². The van der Waals surface area contributed by atoms with Crippen molar-refractivity contribution in [3.8, 4) is 0 Å². The van der Waals surface area contributed by atoms with Crippen molar-refractivity contribution in [2.45, 2.75) is 42.0 Å². The van der Waals surface area contributed by atoms with Crippen LogP contribution in [0.5, 0.6) is 0 Å². The summed E-state index contributed by atoms with van der Waals surface area (Å²) < 4.78 is 12.5. The molecular weight excluding hydrogens is 346 g/mol. The molecule has 0 unspecified atom stereocenters. The van der Waals surface area contributed by atoms with Gasteiger partial charge in [0, 0.05) is 42.9 Å². The van der Waals surface area contributed by atoms with E-state index in [4.69, 9.17) is 9.97 Å². The van der Waals surface area contributed by atoms with E-state index < -0.39 is 11.2 Å². The molecule has 7 heteroatoms. The molecule has 26 heavy (non-hydrogen) atoms. The Morgan fingerprint density at radius 1 is 1.19 bits per heavy atom. The number of hydrogen-bond acceptors (Lipinski definition) is 6. The van der Waals surface area contributed by atoms with Gasteiger partial charge in [-0.15, -0.1) is 0 Å². The maximum absolute atomic E-state index is 12.5. The van der Waals surface area contributed by atoms with Crippen LogP contribution in [0.2, 0.25) is 0 Å². The molecule has 3 saturated carbocycles. The van der Waals surface area contributed by atoms with Crippen LogP contribution < -0.4 is 10.2 Å². The normalized spacial score (nSPS) is 31.7. The van der Waals surface area contributed by atoms with E-state index in [9.17, 15) is 4.55 Å². The van der Waals surface area contributed by atoms with E-state index in [1.807, 2.05) is 18.3 Å². The van der Waals surface area contributed by atoms with E-state index in [0.717, 1.165) is 53.5 Å². The molecular formula is C19H21N5OS. The van der Waals surface area contributed by atoms with Gasteiger partial charge < -0.3 is 14.8 Å². The minimum Gasteiger partial charge on any atom is -0.611 e. The highest BCUT2D eigenvalue weighted by molar-refractivity contribution is 7.91. The molecule has 0 radical (unpaired) electrons. The molecule has 5 aliphatic rings. The first-order valence-corrected chi connectivity index (χ1v) is 10.7. The second-order valence-electron chi connectivity index (χ2n) is 8.19. The lowest BCUT2D eigenvalue weighted by molar-refractivity contribution is 0.00158. The summed E-state index contributed by atoms with van der Waals surface area (Å²) in [4.78, 5) is 17.1. The topological polar surface area (TPSA) is 77.0 Å². The van der Waals surface area contributed by atoms with Crippen molar-refractivity contribution < 1.29 is 4.55 Å². The van der Waals surface area contributed by atoms with Gasteiger partial charge >= 0.3 is 0 Å². The zero-order valence-electron chi connectivity index (χ0n) is 14.5. The second kappa shape index (κ2) is 5.33. The highest BCUT2D eigenvalue weighted by Gasteiger charge is 2.57. The molecule has 4 heterocycles. The molecule has 3 aliphatic carbocycles. The number of hydrogen-bond donors (Lipinski definition) is 1. The van der Waals surface area contributed by atoms with Crippen LogP contribution in [0.3, 0.4) is 0 Å². The lowest BCUT2D eigenvalue weighted by Gasteiger charge is -2.62. The van der Waals surface area contributed by atoms with Gasteiger partial charge in [0.1, 0.15) is 11.4 Å². The third-order valence-corrected chi connectivity index (χ3v) is 7.83. The number of rotatable bonds is 4. The van der Waals surface area contributed by atoms with Crippen LogP contribution in [0.15, 0.2) is 29.3 Å². The Bertz CT molecular complexity index is 853. The van der Waals surface area contributed by atoms with Gasteiger partial charge in [-0.05, 0) is 48.5 Å². The lowest BCUT2D eigenvalue weighted by Crippen LogP contribution is -2.63. The third kappa shape index (κ3) is 2.19. The highest BCUT2D eigenvalue weighted by Crippen LogP contribution is 2.59. The summed E-state index contributed by atoms with van der Waals surface area (Å²) in [5.41, 5.74) is 2.34. The van der Waals surface area contributed by atoms with Crippen LogP contribution in [0, 0.1) is 5.92 Å². The number of nitrogens with zero attached hydrogens (tertiary/aromatic N) is 4. The van der Waals surface area contributed by atoms with Crippen LogP contribution in [0.4, 0.5) is 11.8 Å². The predicted molar refractivity (Wildman–Crippen MR) is 99.9 cm³/mol. The SMILES string of the molecule is [O-][S@+]1CCc2nc(N3CC(c4ccccn4)C3)nc(NC34CC(C3)C4)c21. The van der Waals surface area contributed by atoms with E-state index in [-0.39, 0.29) is 5.54 Å². The smallest absolute Gasteiger partial charge is 0.227 e. The van der Waals surface area contributed by atoms with Crippen molar-refractivity contribution in [2.24, 2.45) is 5.92 Å². The largest absolute Gasteiger partial charge is 0.611 e. The molecule has 0 amide bonds. The molecule has 0 aromatic carbocycles. The van der Waals surface area contributed by atoms with Crippen molar-refractivity contribution in [3.05, 3.63) is 35.8 Å². The van der Waals surface area contributed by atoms with Gasteiger partial charge in [0.15, 0.2) is 5.82 Å². The number of fused-ring (bicyclic) bond motifs is 1. The summed E-state index contributed by atoms with van der Waals surface area (Å²) in [7, 11) is 0. The fourth-order valence-corrected chi connectivity index (χ4v) is 6.04. The molecule has 7 rings (SSSR count). The number of aryl methyl sites for hydroxylation is 1. The Balaban J connectivity index is 1.27. The molecule has 1 atom stereocenters. The van der Waals surface area contributed by atoms with Gasteiger partial charge in [0.25, 0.3) is 0 Å². The van der Waals surface area contributed by atoms with Gasteiger partial charge in [0.05, 0.1) is 0 Å². The summed E-state index contributed by atoms with van der Waals surface area (Å²) in [6.07, 6.45) is 6.35. The van der Waals surface area contributed by atoms with Gasteiger partial charge in [-0.2, -0.15) is 4.98 Å². The van der Waals surface area contributed by atoms with Gasteiger partial charge in [0.2, 0.25) is 10.8 Å². The summed E-state index contributed by atoms with van der Waals surface area (Å²) in [5, 5.41) is 3.65. The Morgan fingerprint density at radius 2 is 2.04 bits per heavy atom. The summed E-state index contributed by atoms with van der Waals surface area (Å²) in [6, 6.07) is 6.08. The second-order valence-corrected chi connectivity index (χ2v) is 9.70. The highest BCUT2D eigenvalue weighted by atomic mass is 32.2. The van der Waals surface area contributed by atoms with E-state index in [1.165, 1.54) is 19.3 Å². The van der Waals surface area contributed by atoms with Crippen LogP contribution in [0.25, 0.3) is 0 Å². The fourth-order valence-electron chi connectivity index (χ4n) is 4.74. The van der Waals surface area contributed by atoms with E-state index in [1.54, 1.807) is 0 Å². The average Bonchev–Trinajstić information content (AvgIpc) is 2.91. The molecule has 134 valence electrons. The standard InChI is InChI=1S/C19H21N5OS/c25-26-6-4-15-16(26)17(23-19-7-12(8-19)9-19)22-18(21-15)24-10-13(11-24)14-3-1-2-5-20-14/h1-3,5,12-13H,4,6-11H2,(H,21,22,23)/t12?,19?,26-/m1/s1. The first-order chi connectivity index (χ1) is 12.7. The van der Waals surface area contributed by atoms with Crippen molar-refractivity contribution in [1.82, 2.24) is 15.0 Å². The Morgan fingerprint density at radius 3 is 2.73 bits per heavy atom. The molecule has 1 saturated heterocycles. The zero-order chi connectivity index (χ0) is 17.3. The van der Waals surface area contributed by atoms with Crippen LogP contribution in [-0.2, 0) is 17.6 Å². The Labute approximate surface area is 155 Å². The number of pyridine rings is 1. The van der Waals surface area contributed by atoms with Crippen LogP contribution >= 0.6 is 0 Å². The first kappa shape index (κ1) is 15.2. The molecule has 2 aliphatic heterocycles. The number of nitrogens with one attached hydrogen (secondary N) is 1. The molecule has 2 bridgehead atoms. The quantitative estimate of drug-likeness (QED) is 0.834. The lowest BCUT2D eigenvalue weighted by atomic mass is 9.50. The predicted octanol–water partition coefficient (Wildman–Crippen LogP) is 2.10. The van der Waals surface area contributed by atoms with E-state index in [0.29, 0.717) is 11.7 Å². The van der Waals surface area contributed by atoms with Crippen molar-refractivity contribution in [2.75, 3.05) is 29.1 Å². The minimum atomic E-state index is -0.963. The van der Waals surface area contributed by atoms with Crippen molar-refractivity contribution >= 4 is 22.9 Å². The molecule has 2 aromatic rings. The van der Waals surface area contributed by atoms with Crippen LogP contribution in [-0.4, -0.2) is 43.9 Å². The maximum Gasteiger partial charge on any atom is 0.227 e. The van der Waals surface area contributed by atoms with Crippen molar-refractivity contribution in [1.29, 1.82) is 0 Å². The molecule has 4 fully saturated rings. The Kier molecular flexibility index (Phi) is 3.12. The summed E-state index contributed by atoms with van der Waals surface area (Å²) in [6.45, 7) is 1.79. The molecule has 0 spiro atoms. The van der Waals surface area contributed by atoms with Gasteiger partial charge in [-0.1, -0.05) is 6.07 Å². The summed E-state index contributed by atoms with van der Waals surface area (Å²) in [5.74, 6) is 3.63. The minimum absolute atomic E-state index is 0.224. The fraction of sp³-hybridized carbons (Fsp3) is 0.526. The molecule has 6 nitrogen and oxygen atoms in total. The molecule has 2 aromatic heterocycles. The third-order valence-electron chi connectivity index (χ3n) is 6.37. The monoisotopic (exact) mass is 367 g/mol. The molecule has 1 N–H and O–H groups in total. The van der Waals surface area contributed by atoms with E-state index in [2.05, 4.69) is 21.3 Å². The average molecular weight is 367 g/mol. The summed E-state index contributed by atoms with van der Waals surface area (Å²) >= 11 is -0.963. The maximum atomic E-state index is 12.5. The Hall–Kier alpha value is -1.86. The number of anilines is 2. The van der Waals surface area contributed by atoms with Gasteiger partial charge in [-0.25, -0.2) is 4.98 Å². The van der Waals surface area contributed by atoms with Gasteiger partial charge in [-0.3, -0.25) is 4.98 Å². The van der Waals surface area contributed by atoms with Crippen LogP contribution in [0.1, 0.15) is 36.6 Å². The first-order valence-electron chi connectivity index (χ1n) is 9.42.